The first kappa shape index (κ1) is 12.6. The molecule has 0 amide bonds. The van der Waals surface area contributed by atoms with E-state index in [0.29, 0.717) is 17.9 Å². The topological polar surface area (TPSA) is 94.0 Å². The largest absolute Gasteiger partial charge is 0.496 e. The van der Waals surface area contributed by atoms with Gasteiger partial charge in [-0.1, -0.05) is 0 Å². The van der Waals surface area contributed by atoms with Crippen molar-refractivity contribution in [3.05, 3.63) is 51.7 Å². The molecule has 0 saturated heterocycles. The van der Waals surface area contributed by atoms with Crippen LogP contribution in [0.25, 0.3) is 0 Å². The summed E-state index contributed by atoms with van der Waals surface area (Å²) >= 11 is 0. The molecule has 2 rings (SSSR count). The van der Waals surface area contributed by atoms with Crippen LogP contribution < -0.4 is 4.74 Å². The molecule has 96 valence electrons. The third-order valence-corrected chi connectivity index (χ3v) is 2.56. The zero-order chi connectivity index (χ0) is 13.8. The minimum Gasteiger partial charge on any atom is -0.496 e. The number of hydrogen-bond donors (Lipinski definition) is 0. The second-order valence-electron chi connectivity index (χ2n) is 3.77. The second kappa shape index (κ2) is 5.18. The average Bonchev–Trinajstić information content (AvgIpc) is 2.87. The summed E-state index contributed by atoms with van der Waals surface area (Å²) in [5.74, 6) is 0.396. The van der Waals surface area contributed by atoms with E-state index >= 15 is 0 Å². The van der Waals surface area contributed by atoms with Gasteiger partial charge in [-0.15, -0.1) is 0 Å². The highest BCUT2D eigenvalue weighted by Gasteiger charge is 2.13. The number of nitrogens with zero attached hydrogens (tertiary/aromatic N) is 4. The quantitative estimate of drug-likeness (QED) is 0.614. The van der Waals surface area contributed by atoms with Gasteiger partial charge in [-0.2, -0.15) is 9.94 Å². The zero-order valence-corrected chi connectivity index (χ0v) is 10.1. The van der Waals surface area contributed by atoms with Crippen LogP contribution in [0.3, 0.4) is 0 Å². The third-order valence-electron chi connectivity index (χ3n) is 2.56. The summed E-state index contributed by atoms with van der Waals surface area (Å²) in [5, 5.41) is 23.2. The molecule has 0 fully saturated rings. The highest BCUT2D eigenvalue weighted by molar-refractivity contribution is 5.42. The number of aromatic nitrogens is 2. The van der Waals surface area contributed by atoms with Crippen LogP contribution in [0.2, 0.25) is 0 Å². The van der Waals surface area contributed by atoms with E-state index in [9.17, 15) is 10.1 Å². The van der Waals surface area contributed by atoms with Crippen molar-refractivity contribution < 1.29 is 9.66 Å². The fourth-order valence-electron chi connectivity index (χ4n) is 1.68. The van der Waals surface area contributed by atoms with Gasteiger partial charge in [-0.25, -0.2) is 0 Å². The van der Waals surface area contributed by atoms with E-state index in [1.165, 1.54) is 24.1 Å². The van der Waals surface area contributed by atoms with Gasteiger partial charge in [0.15, 0.2) is 0 Å². The third kappa shape index (κ3) is 2.69. The Balaban J connectivity index is 2.31. The maximum Gasteiger partial charge on any atom is 0.389 e. The van der Waals surface area contributed by atoms with Gasteiger partial charge in [0.05, 0.1) is 42.6 Å². The standard InChI is InChI=1S/C12H10N4O3/c1-19-11-3-2-9(7-13)6-10(11)8-15-5-4-12(14-15)16(17)18/h2-6H,8H2,1H3. The minimum absolute atomic E-state index is 0.213. The molecule has 0 atom stereocenters. The summed E-state index contributed by atoms with van der Waals surface area (Å²) in [6.07, 6.45) is 1.51. The number of nitriles is 1. The number of hydrogen-bond acceptors (Lipinski definition) is 5. The second-order valence-corrected chi connectivity index (χ2v) is 3.77. The summed E-state index contributed by atoms with van der Waals surface area (Å²) in [6, 6.07) is 8.36. The molecule has 0 radical (unpaired) electrons. The van der Waals surface area contributed by atoms with Crippen molar-refractivity contribution in [2.45, 2.75) is 6.54 Å². The molecule has 0 N–H and O–H groups in total. The Labute approximate surface area is 108 Å². The number of ether oxygens (including phenoxy) is 1. The van der Waals surface area contributed by atoms with Crippen molar-refractivity contribution in [1.29, 1.82) is 5.26 Å². The van der Waals surface area contributed by atoms with E-state index in [1.54, 1.807) is 18.2 Å². The molecule has 0 aliphatic carbocycles. The molecule has 1 aromatic carbocycles. The van der Waals surface area contributed by atoms with Gasteiger partial charge in [0.2, 0.25) is 0 Å². The molecule has 0 bridgehead atoms. The minimum atomic E-state index is -0.556. The van der Waals surface area contributed by atoms with Crippen LogP contribution in [-0.2, 0) is 6.54 Å². The lowest BCUT2D eigenvalue weighted by Gasteiger charge is -2.07. The first-order chi connectivity index (χ1) is 9.13. The Kier molecular flexibility index (Phi) is 3.43. The molecular formula is C12H10N4O3. The van der Waals surface area contributed by atoms with Crippen LogP contribution in [0.5, 0.6) is 5.75 Å². The van der Waals surface area contributed by atoms with Gasteiger partial charge in [0, 0.05) is 5.56 Å². The van der Waals surface area contributed by atoms with Crippen molar-refractivity contribution in [2.75, 3.05) is 7.11 Å². The fourth-order valence-corrected chi connectivity index (χ4v) is 1.68. The first-order valence-corrected chi connectivity index (χ1v) is 5.39. The molecule has 7 heteroatoms. The van der Waals surface area contributed by atoms with Crippen molar-refractivity contribution in [3.8, 4) is 11.8 Å². The van der Waals surface area contributed by atoms with Crippen molar-refractivity contribution >= 4 is 5.82 Å². The van der Waals surface area contributed by atoms with E-state index < -0.39 is 4.92 Å². The number of rotatable bonds is 4. The van der Waals surface area contributed by atoms with Crippen LogP contribution in [0.4, 0.5) is 5.82 Å². The highest BCUT2D eigenvalue weighted by atomic mass is 16.6. The Morgan fingerprint density at radius 2 is 2.32 bits per heavy atom. The Bertz CT molecular complexity index is 657. The predicted molar refractivity (Wildman–Crippen MR) is 65.7 cm³/mol. The lowest BCUT2D eigenvalue weighted by Crippen LogP contribution is -2.03. The predicted octanol–water partition coefficient (Wildman–Crippen LogP) is 1.72. The highest BCUT2D eigenvalue weighted by Crippen LogP contribution is 2.21. The molecular weight excluding hydrogens is 248 g/mol. The molecule has 7 nitrogen and oxygen atoms in total. The number of nitro groups is 1. The van der Waals surface area contributed by atoms with Gasteiger partial charge >= 0.3 is 5.82 Å². The van der Waals surface area contributed by atoms with Gasteiger partial charge in [0.1, 0.15) is 5.75 Å². The SMILES string of the molecule is COc1ccc(C#N)cc1Cn1ccc([N+](=O)[O-])n1. The van der Waals surface area contributed by atoms with Crippen LogP contribution in [0.15, 0.2) is 30.5 Å². The van der Waals surface area contributed by atoms with Crippen LogP contribution >= 0.6 is 0 Å². The van der Waals surface area contributed by atoms with E-state index in [4.69, 9.17) is 10.00 Å². The van der Waals surface area contributed by atoms with E-state index in [0.717, 1.165) is 5.56 Å². The lowest BCUT2D eigenvalue weighted by atomic mass is 10.1. The smallest absolute Gasteiger partial charge is 0.389 e. The summed E-state index contributed by atoms with van der Waals surface area (Å²) in [6.45, 7) is 0.298. The van der Waals surface area contributed by atoms with Gasteiger partial charge in [-0.3, -0.25) is 0 Å². The molecule has 0 spiro atoms. The van der Waals surface area contributed by atoms with Crippen molar-refractivity contribution in [1.82, 2.24) is 9.78 Å². The van der Waals surface area contributed by atoms with E-state index in [-0.39, 0.29) is 5.82 Å². The van der Waals surface area contributed by atoms with Crippen LogP contribution in [0.1, 0.15) is 11.1 Å². The molecule has 0 aliphatic heterocycles. The Hall–Kier alpha value is -2.88. The summed E-state index contributed by atoms with van der Waals surface area (Å²) in [5.41, 5.74) is 1.23. The zero-order valence-electron chi connectivity index (χ0n) is 10.1. The molecule has 1 aromatic heterocycles. The molecule has 0 unspecified atom stereocenters. The van der Waals surface area contributed by atoms with E-state index in [2.05, 4.69) is 5.10 Å². The Morgan fingerprint density at radius 3 is 2.89 bits per heavy atom. The normalized spacial score (nSPS) is 9.89. The molecule has 1 heterocycles. The first-order valence-electron chi connectivity index (χ1n) is 5.39. The fraction of sp³-hybridized carbons (Fsp3) is 0.167. The van der Waals surface area contributed by atoms with E-state index in [1.807, 2.05) is 6.07 Å². The van der Waals surface area contributed by atoms with Gasteiger partial charge in [-0.05, 0) is 23.1 Å². The maximum absolute atomic E-state index is 10.6. The van der Waals surface area contributed by atoms with Crippen LogP contribution in [0, 0.1) is 21.4 Å². The number of methoxy groups -OCH3 is 1. The summed E-state index contributed by atoms with van der Waals surface area (Å²) in [4.78, 5) is 10.00. The molecule has 2 aromatic rings. The summed E-state index contributed by atoms with van der Waals surface area (Å²) < 4.78 is 6.61. The number of benzene rings is 1. The monoisotopic (exact) mass is 258 g/mol. The lowest BCUT2D eigenvalue weighted by molar-refractivity contribution is -0.389. The van der Waals surface area contributed by atoms with Gasteiger partial charge in [0.25, 0.3) is 0 Å². The molecule has 0 aliphatic rings. The molecule has 0 saturated carbocycles. The maximum atomic E-state index is 10.6. The summed E-state index contributed by atoms with van der Waals surface area (Å²) in [7, 11) is 1.52. The van der Waals surface area contributed by atoms with Crippen molar-refractivity contribution in [3.63, 3.8) is 0 Å². The average molecular weight is 258 g/mol. The Morgan fingerprint density at radius 1 is 1.53 bits per heavy atom. The van der Waals surface area contributed by atoms with Crippen LogP contribution in [-0.4, -0.2) is 21.8 Å². The van der Waals surface area contributed by atoms with Crippen molar-refractivity contribution in [2.24, 2.45) is 0 Å². The molecule has 19 heavy (non-hydrogen) atoms. The van der Waals surface area contributed by atoms with Gasteiger partial charge < -0.3 is 14.9 Å².